The molecule has 0 saturated heterocycles. The van der Waals surface area contributed by atoms with Gasteiger partial charge in [-0.2, -0.15) is 0 Å². The predicted octanol–water partition coefficient (Wildman–Crippen LogP) is 7.41. The Balaban J connectivity index is 1.55. The number of rotatable bonds is 5. The summed E-state index contributed by atoms with van der Waals surface area (Å²) in [4.78, 5) is 0. The maximum Gasteiger partial charge on any atom is 0.118 e. The highest BCUT2D eigenvalue weighted by molar-refractivity contribution is 6.09. The summed E-state index contributed by atoms with van der Waals surface area (Å²) in [5, 5.41) is 2.42. The molecule has 37 heavy (non-hydrogen) atoms. The van der Waals surface area contributed by atoms with Crippen molar-refractivity contribution in [2.24, 2.45) is 0 Å². The summed E-state index contributed by atoms with van der Waals surface area (Å²) >= 11 is 0. The third-order valence-electron chi connectivity index (χ3n) is 6.48. The maximum absolute atomic E-state index is 5.25. The fourth-order valence-corrected chi connectivity index (χ4v) is 4.45. The summed E-state index contributed by atoms with van der Waals surface area (Å²) in [6.45, 7) is 3.22. The number of nitrogens with zero attached hydrogens (tertiary/aromatic N) is 1. The first kappa shape index (κ1) is 24.1. The van der Waals surface area contributed by atoms with Crippen LogP contribution >= 0.6 is 0 Å². The molecule has 0 N–H and O–H groups in total. The Kier molecular flexibility index (Phi) is 7.16. The zero-order chi connectivity index (χ0) is 25.6. The van der Waals surface area contributed by atoms with Crippen molar-refractivity contribution in [1.82, 2.24) is 4.57 Å². The van der Waals surface area contributed by atoms with E-state index >= 15 is 0 Å². The monoisotopic (exact) mass is 483 g/mol. The second-order valence-electron chi connectivity index (χ2n) is 8.93. The molecule has 0 atom stereocenters. The van der Waals surface area contributed by atoms with E-state index in [0.29, 0.717) is 0 Å². The highest BCUT2D eigenvalue weighted by Crippen LogP contribution is 2.31. The van der Waals surface area contributed by atoms with Gasteiger partial charge in [-0.3, -0.25) is 0 Å². The Bertz CT molecular complexity index is 1550. The summed E-state index contributed by atoms with van der Waals surface area (Å²) in [7, 11) is 3.34. The van der Waals surface area contributed by atoms with Crippen LogP contribution in [0.15, 0.2) is 84.9 Å². The number of benzene rings is 4. The maximum atomic E-state index is 5.25. The SMILES string of the molecule is CCCCn1c2ccc(C#Cc3ccc(OC)cc3)cc2c2cc(C#Cc3ccc(OC)cc3)ccc21. The van der Waals surface area contributed by atoms with Crippen LogP contribution in [0.4, 0.5) is 0 Å². The van der Waals surface area contributed by atoms with Crippen molar-refractivity contribution >= 4 is 21.8 Å². The van der Waals surface area contributed by atoms with Gasteiger partial charge in [0.2, 0.25) is 0 Å². The zero-order valence-electron chi connectivity index (χ0n) is 21.5. The predicted molar refractivity (Wildman–Crippen MR) is 152 cm³/mol. The largest absolute Gasteiger partial charge is 0.497 e. The van der Waals surface area contributed by atoms with Gasteiger partial charge in [-0.1, -0.05) is 37.0 Å². The number of unbranched alkanes of at least 4 members (excludes halogenated alkanes) is 1. The summed E-state index contributed by atoms with van der Waals surface area (Å²) in [5.41, 5.74) is 6.38. The third-order valence-corrected chi connectivity index (χ3v) is 6.48. The first-order valence-corrected chi connectivity index (χ1v) is 12.6. The van der Waals surface area contributed by atoms with Crippen LogP contribution in [0.2, 0.25) is 0 Å². The van der Waals surface area contributed by atoms with Crippen LogP contribution in [0.3, 0.4) is 0 Å². The van der Waals surface area contributed by atoms with Gasteiger partial charge in [-0.25, -0.2) is 0 Å². The number of hydrogen-bond donors (Lipinski definition) is 0. The molecule has 3 heteroatoms. The van der Waals surface area contributed by atoms with Gasteiger partial charge >= 0.3 is 0 Å². The molecule has 1 aromatic heterocycles. The summed E-state index contributed by atoms with van der Waals surface area (Å²) in [6, 6.07) is 28.7. The van der Waals surface area contributed by atoms with Crippen LogP contribution in [0.1, 0.15) is 42.0 Å². The van der Waals surface area contributed by atoms with Gasteiger partial charge in [0.1, 0.15) is 11.5 Å². The standard InChI is InChI=1S/C34H29NO2/c1-4-5-22-35-33-20-14-27(8-6-25-10-16-29(36-2)17-11-25)23-31(33)32-24-28(15-21-34(32)35)9-7-26-12-18-30(37-3)19-13-26/h10-21,23-24H,4-5,22H2,1-3H3. The van der Waals surface area contributed by atoms with E-state index < -0.39 is 0 Å². The van der Waals surface area contributed by atoms with Crippen molar-refractivity contribution in [3.05, 3.63) is 107 Å². The molecular weight excluding hydrogens is 454 g/mol. The Morgan fingerprint density at radius 1 is 0.568 bits per heavy atom. The van der Waals surface area contributed by atoms with Crippen LogP contribution in [0.25, 0.3) is 21.8 Å². The average molecular weight is 484 g/mol. The first-order valence-electron chi connectivity index (χ1n) is 12.6. The van der Waals surface area contributed by atoms with E-state index in [2.05, 4.69) is 71.6 Å². The van der Waals surface area contributed by atoms with E-state index in [9.17, 15) is 0 Å². The van der Waals surface area contributed by atoms with Crippen LogP contribution in [0.5, 0.6) is 11.5 Å². The van der Waals surface area contributed by atoms with Gasteiger partial charge in [0.15, 0.2) is 0 Å². The Labute approximate surface area is 218 Å². The number of methoxy groups -OCH3 is 2. The summed E-state index contributed by atoms with van der Waals surface area (Å²) in [6.07, 6.45) is 2.29. The van der Waals surface area contributed by atoms with Crippen molar-refractivity contribution in [3.8, 4) is 35.2 Å². The number of ether oxygens (including phenoxy) is 2. The minimum Gasteiger partial charge on any atom is -0.497 e. The number of aromatic nitrogens is 1. The van der Waals surface area contributed by atoms with E-state index in [4.69, 9.17) is 9.47 Å². The Hall–Kier alpha value is -4.60. The highest BCUT2D eigenvalue weighted by Gasteiger charge is 2.11. The van der Waals surface area contributed by atoms with Crippen LogP contribution in [-0.2, 0) is 6.54 Å². The molecule has 5 rings (SSSR count). The van der Waals surface area contributed by atoms with Crippen molar-refractivity contribution in [2.45, 2.75) is 26.3 Å². The van der Waals surface area contributed by atoms with Crippen molar-refractivity contribution in [3.63, 3.8) is 0 Å². The number of aryl methyl sites for hydroxylation is 1. The minimum atomic E-state index is 0.831. The lowest BCUT2D eigenvalue weighted by molar-refractivity contribution is 0.414. The second-order valence-corrected chi connectivity index (χ2v) is 8.93. The molecule has 0 unspecified atom stereocenters. The van der Waals surface area contributed by atoms with Crippen molar-refractivity contribution in [2.75, 3.05) is 14.2 Å². The first-order chi connectivity index (χ1) is 18.2. The molecule has 0 aliphatic rings. The van der Waals surface area contributed by atoms with Crippen molar-refractivity contribution in [1.29, 1.82) is 0 Å². The molecular formula is C34H29NO2. The summed E-state index contributed by atoms with van der Waals surface area (Å²) < 4.78 is 12.9. The van der Waals surface area contributed by atoms with E-state index in [1.165, 1.54) is 21.8 Å². The van der Waals surface area contributed by atoms with Gasteiger partial charge in [0.05, 0.1) is 14.2 Å². The van der Waals surface area contributed by atoms with E-state index in [-0.39, 0.29) is 0 Å². The smallest absolute Gasteiger partial charge is 0.118 e. The average Bonchev–Trinajstić information content (AvgIpc) is 3.26. The molecule has 0 aliphatic carbocycles. The second kappa shape index (κ2) is 11.0. The normalized spacial score (nSPS) is 10.5. The molecule has 4 aromatic carbocycles. The molecule has 3 nitrogen and oxygen atoms in total. The molecule has 0 saturated carbocycles. The van der Waals surface area contributed by atoms with Gasteiger partial charge in [-0.05, 0) is 91.3 Å². The fourth-order valence-electron chi connectivity index (χ4n) is 4.45. The van der Waals surface area contributed by atoms with E-state index in [1.54, 1.807) is 14.2 Å². The molecule has 0 radical (unpaired) electrons. The fraction of sp³-hybridized carbons (Fsp3) is 0.176. The molecule has 0 aliphatic heterocycles. The lowest BCUT2D eigenvalue weighted by atomic mass is 10.1. The van der Waals surface area contributed by atoms with Crippen LogP contribution in [-0.4, -0.2) is 18.8 Å². The summed E-state index contributed by atoms with van der Waals surface area (Å²) in [5.74, 6) is 14.9. The van der Waals surface area contributed by atoms with Gasteiger partial charge in [0, 0.05) is 50.6 Å². The lowest BCUT2D eigenvalue weighted by Crippen LogP contribution is -1.97. The molecule has 0 bridgehead atoms. The number of fused-ring (bicyclic) bond motifs is 3. The molecule has 0 spiro atoms. The molecule has 182 valence electrons. The van der Waals surface area contributed by atoms with Crippen LogP contribution in [0, 0.1) is 23.7 Å². The van der Waals surface area contributed by atoms with Gasteiger partial charge in [-0.15, -0.1) is 0 Å². The van der Waals surface area contributed by atoms with Gasteiger partial charge in [0.25, 0.3) is 0 Å². The quantitative estimate of drug-likeness (QED) is 0.243. The topological polar surface area (TPSA) is 23.4 Å². The Morgan fingerprint density at radius 2 is 0.973 bits per heavy atom. The lowest BCUT2D eigenvalue weighted by Gasteiger charge is -2.06. The molecule has 0 amide bonds. The molecule has 5 aromatic rings. The Morgan fingerprint density at radius 3 is 1.38 bits per heavy atom. The minimum absolute atomic E-state index is 0.831. The highest BCUT2D eigenvalue weighted by atomic mass is 16.5. The molecule has 0 fully saturated rings. The van der Waals surface area contributed by atoms with Gasteiger partial charge < -0.3 is 14.0 Å². The van der Waals surface area contributed by atoms with Crippen LogP contribution < -0.4 is 9.47 Å². The van der Waals surface area contributed by atoms with E-state index in [1.807, 2.05) is 48.5 Å². The zero-order valence-corrected chi connectivity index (χ0v) is 21.5. The third kappa shape index (κ3) is 5.32. The van der Waals surface area contributed by atoms with Crippen molar-refractivity contribution < 1.29 is 9.47 Å². The number of hydrogen-bond acceptors (Lipinski definition) is 2. The van der Waals surface area contributed by atoms with E-state index in [0.717, 1.165) is 53.1 Å². The molecule has 1 heterocycles.